The Morgan fingerprint density at radius 3 is 2.25 bits per heavy atom. The van der Waals surface area contributed by atoms with Crippen LogP contribution in [-0.2, 0) is 0 Å². The van der Waals surface area contributed by atoms with Gasteiger partial charge in [0.1, 0.15) is 11.5 Å². The maximum Gasteiger partial charge on any atom is 0.127 e. The first-order chi connectivity index (χ1) is 9.58. The molecule has 5 heteroatoms. The van der Waals surface area contributed by atoms with Gasteiger partial charge in [0.2, 0.25) is 0 Å². The van der Waals surface area contributed by atoms with Crippen LogP contribution < -0.4 is 15.2 Å². The molecule has 0 radical (unpaired) electrons. The van der Waals surface area contributed by atoms with E-state index >= 15 is 0 Å². The Hall–Kier alpha value is -0.790. The van der Waals surface area contributed by atoms with Gasteiger partial charge < -0.3 is 15.2 Å². The molecule has 0 aliphatic carbocycles. The fraction of sp³-hybridized carbons (Fsp3) is 0.200. The molecule has 2 rings (SSSR count). The lowest BCUT2D eigenvalue weighted by atomic mass is 9.98. The smallest absolute Gasteiger partial charge is 0.127 e. The Balaban J connectivity index is 2.58. The van der Waals surface area contributed by atoms with Crippen molar-refractivity contribution >= 4 is 38.5 Å². The van der Waals surface area contributed by atoms with Crippen molar-refractivity contribution in [1.82, 2.24) is 0 Å². The van der Waals surface area contributed by atoms with Crippen LogP contribution in [0.2, 0.25) is 0 Å². The van der Waals surface area contributed by atoms with E-state index in [2.05, 4.69) is 38.5 Å². The number of rotatable bonds is 4. The maximum atomic E-state index is 6.45. The van der Waals surface area contributed by atoms with Crippen LogP contribution >= 0.6 is 38.5 Å². The van der Waals surface area contributed by atoms with Gasteiger partial charge in [0.25, 0.3) is 0 Å². The number of hydrogen-bond donors (Lipinski definition) is 1. The molecule has 0 saturated heterocycles. The lowest BCUT2D eigenvalue weighted by Crippen LogP contribution is -2.15. The molecule has 0 saturated carbocycles. The molecule has 106 valence electrons. The Morgan fingerprint density at radius 2 is 1.70 bits per heavy atom. The molecule has 2 aromatic carbocycles. The molecule has 20 heavy (non-hydrogen) atoms. The Labute approximate surface area is 140 Å². The summed E-state index contributed by atoms with van der Waals surface area (Å²) in [6.07, 6.45) is 0. The minimum atomic E-state index is -0.314. The lowest BCUT2D eigenvalue weighted by molar-refractivity contribution is 0.382. The number of hydrogen-bond acceptors (Lipinski definition) is 3. The lowest BCUT2D eigenvalue weighted by Gasteiger charge is -2.20. The monoisotopic (exact) mass is 447 g/mol. The highest BCUT2D eigenvalue weighted by molar-refractivity contribution is 14.1. The number of benzene rings is 2. The Bertz CT molecular complexity index is 597. The van der Waals surface area contributed by atoms with Gasteiger partial charge >= 0.3 is 0 Å². The number of ether oxygens (including phenoxy) is 2. The van der Waals surface area contributed by atoms with Crippen LogP contribution in [0.25, 0.3) is 0 Å². The summed E-state index contributed by atoms with van der Waals surface area (Å²) in [6.45, 7) is 0. The van der Waals surface area contributed by atoms with E-state index in [1.54, 1.807) is 14.2 Å². The normalized spacial score (nSPS) is 12.1. The zero-order chi connectivity index (χ0) is 14.7. The van der Waals surface area contributed by atoms with E-state index in [-0.39, 0.29) is 6.04 Å². The van der Waals surface area contributed by atoms with Crippen LogP contribution in [-0.4, -0.2) is 14.2 Å². The van der Waals surface area contributed by atoms with Crippen LogP contribution in [0.15, 0.2) is 40.9 Å². The standard InChI is InChI=1S/C15H15BrINO2/c1-19-12-4-3-5-13(20-2)14(12)15(18)10-8-9(16)6-7-11(10)17/h3-8,15H,18H2,1-2H3. The van der Waals surface area contributed by atoms with Crippen molar-refractivity contribution in [1.29, 1.82) is 0 Å². The topological polar surface area (TPSA) is 44.5 Å². The molecular weight excluding hydrogens is 433 g/mol. The van der Waals surface area contributed by atoms with Crippen LogP contribution in [0, 0.1) is 3.57 Å². The summed E-state index contributed by atoms with van der Waals surface area (Å²) in [5.41, 5.74) is 8.34. The first-order valence-corrected chi connectivity index (χ1v) is 7.87. The molecule has 0 spiro atoms. The van der Waals surface area contributed by atoms with Gasteiger partial charge in [-0.1, -0.05) is 22.0 Å². The van der Waals surface area contributed by atoms with E-state index in [0.717, 1.165) is 30.7 Å². The summed E-state index contributed by atoms with van der Waals surface area (Å²) in [5, 5.41) is 0. The van der Waals surface area contributed by atoms with Crippen molar-refractivity contribution in [2.24, 2.45) is 5.73 Å². The van der Waals surface area contributed by atoms with E-state index in [1.807, 2.05) is 36.4 Å². The fourth-order valence-electron chi connectivity index (χ4n) is 2.09. The summed E-state index contributed by atoms with van der Waals surface area (Å²) in [4.78, 5) is 0. The van der Waals surface area contributed by atoms with E-state index in [0.29, 0.717) is 0 Å². The molecule has 3 nitrogen and oxygen atoms in total. The van der Waals surface area contributed by atoms with E-state index in [9.17, 15) is 0 Å². The second kappa shape index (κ2) is 6.78. The van der Waals surface area contributed by atoms with Crippen molar-refractivity contribution < 1.29 is 9.47 Å². The zero-order valence-corrected chi connectivity index (χ0v) is 14.9. The van der Waals surface area contributed by atoms with Crippen molar-refractivity contribution in [3.63, 3.8) is 0 Å². The van der Waals surface area contributed by atoms with Crippen LogP contribution in [0.1, 0.15) is 17.2 Å². The highest BCUT2D eigenvalue weighted by Crippen LogP contribution is 2.37. The first-order valence-electron chi connectivity index (χ1n) is 6.00. The van der Waals surface area contributed by atoms with Gasteiger partial charge in [0.05, 0.1) is 25.8 Å². The average molecular weight is 448 g/mol. The predicted molar refractivity (Wildman–Crippen MR) is 92.4 cm³/mol. The van der Waals surface area contributed by atoms with Gasteiger partial charge in [-0.2, -0.15) is 0 Å². The molecule has 0 heterocycles. The molecule has 2 aromatic rings. The highest BCUT2D eigenvalue weighted by Gasteiger charge is 2.21. The van der Waals surface area contributed by atoms with Crippen LogP contribution in [0.5, 0.6) is 11.5 Å². The SMILES string of the molecule is COc1cccc(OC)c1C(N)c1cc(Br)ccc1I. The van der Waals surface area contributed by atoms with Crippen LogP contribution in [0.3, 0.4) is 0 Å². The van der Waals surface area contributed by atoms with Gasteiger partial charge in [-0.3, -0.25) is 0 Å². The molecule has 0 aromatic heterocycles. The second-order valence-electron chi connectivity index (χ2n) is 4.22. The van der Waals surface area contributed by atoms with Gasteiger partial charge in [-0.25, -0.2) is 0 Å². The minimum absolute atomic E-state index is 0.314. The van der Waals surface area contributed by atoms with E-state index in [1.165, 1.54) is 0 Å². The number of methoxy groups -OCH3 is 2. The molecule has 2 N–H and O–H groups in total. The van der Waals surface area contributed by atoms with Crippen molar-refractivity contribution in [3.05, 3.63) is 55.6 Å². The summed E-state index contributed by atoms with van der Waals surface area (Å²) < 4.78 is 13.0. The van der Waals surface area contributed by atoms with Crippen molar-refractivity contribution in [2.75, 3.05) is 14.2 Å². The van der Waals surface area contributed by atoms with E-state index in [4.69, 9.17) is 15.2 Å². The molecule has 1 unspecified atom stereocenters. The summed E-state index contributed by atoms with van der Waals surface area (Å²) in [7, 11) is 3.27. The quantitative estimate of drug-likeness (QED) is 0.717. The van der Waals surface area contributed by atoms with Gasteiger partial charge in [0, 0.05) is 8.04 Å². The average Bonchev–Trinajstić information content (AvgIpc) is 2.48. The predicted octanol–water partition coefficient (Wildman–Crippen LogP) is 4.12. The second-order valence-corrected chi connectivity index (χ2v) is 6.30. The van der Waals surface area contributed by atoms with Gasteiger partial charge in [-0.05, 0) is 58.5 Å². The third-order valence-corrected chi connectivity index (χ3v) is 4.55. The van der Waals surface area contributed by atoms with Gasteiger partial charge in [-0.15, -0.1) is 0 Å². The molecule has 0 bridgehead atoms. The van der Waals surface area contributed by atoms with Crippen molar-refractivity contribution in [2.45, 2.75) is 6.04 Å². The highest BCUT2D eigenvalue weighted by atomic mass is 127. The molecule has 0 aliphatic rings. The third-order valence-electron chi connectivity index (χ3n) is 3.07. The number of halogens is 2. The largest absolute Gasteiger partial charge is 0.496 e. The molecular formula is C15H15BrINO2. The number of nitrogens with two attached hydrogens (primary N) is 1. The van der Waals surface area contributed by atoms with Crippen molar-refractivity contribution in [3.8, 4) is 11.5 Å². The molecule has 1 atom stereocenters. The minimum Gasteiger partial charge on any atom is -0.496 e. The third kappa shape index (κ3) is 3.10. The van der Waals surface area contributed by atoms with E-state index < -0.39 is 0 Å². The molecule has 0 amide bonds. The van der Waals surface area contributed by atoms with Crippen LogP contribution in [0.4, 0.5) is 0 Å². The molecule has 0 aliphatic heterocycles. The van der Waals surface area contributed by atoms with Gasteiger partial charge in [0.15, 0.2) is 0 Å². The summed E-state index contributed by atoms with van der Waals surface area (Å²) >= 11 is 5.77. The molecule has 0 fully saturated rings. The maximum absolute atomic E-state index is 6.45. The Morgan fingerprint density at radius 1 is 1.10 bits per heavy atom. The fourth-order valence-corrected chi connectivity index (χ4v) is 3.14. The summed E-state index contributed by atoms with van der Waals surface area (Å²) in [5.74, 6) is 1.46. The first kappa shape index (κ1) is 15.6. The Kier molecular flexibility index (Phi) is 5.29. The zero-order valence-electron chi connectivity index (χ0n) is 11.2. The summed E-state index contributed by atoms with van der Waals surface area (Å²) in [6, 6.07) is 11.4.